The highest BCUT2D eigenvalue weighted by molar-refractivity contribution is 5.85. The summed E-state index contributed by atoms with van der Waals surface area (Å²) in [6.07, 6.45) is 3.18. The molecule has 0 saturated heterocycles. The SMILES string of the molecule is CC(C)(C)NC(=O)CC1(C(=O)O)CCCC1. The first kappa shape index (κ1) is 13.0. The molecule has 0 radical (unpaired) electrons. The summed E-state index contributed by atoms with van der Waals surface area (Å²) in [6.45, 7) is 5.69. The maximum absolute atomic E-state index is 11.7. The van der Waals surface area contributed by atoms with Crippen LogP contribution in [0.2, 0.25) is 0 Å². The molecule has 1 saturated carbocycles. The summed E-state index contributed by atoms with van der Waals surface area (Å²) in [7, 11) is 0. The van der Waals surface area contributed by atoms with Gasteiger partial charge in [-0.3, -0.25) is 9.59 Å². The first-order valence-corrected chi connectivity index (χ1v) is 5.80. The van der Waals surface area contributed by atoms with Gasteiger partial charge in [0.15, 0.2) is 0 Å². The van der Waals surface area contributed by atoms with Gasteiger partial charge in [-0.2, -0.15) is 0 Å². The lowest BCUT2D eigenvalue weighted by Gasteiger charge is -2.26. The zero-order valence-electron chi connectivity index (χ0n) is 10.3. The Hall–Kier alpha value is -1.06. The first-order chi connectivity index (χ1) is 7.25. The van der Waals surface area contributed by atoms with Crippen LogP contribution in [0.25, 0.3) is 0 Å². The van der Waals surface area contributed by atoms with Crippen molar-refractivity contribution in [3.63, 3.8) is 0 Å². The van der Waals surface area contributed by atoms with Gasteiger partial charge in [0.2, 0.25) is 5.91 Å². The number of carbonyl (C=O) groups is 2. The molecule has 0 spiro atoms. The molecule has 92 valence electrons. The Morgan fingerprint density at radius 3 is 2.12 bits per heavy atom. The van der Waals surface area contributed by atoms with Crippen molar-refractivity contribution in [3.05, 3.63) is 0 Å². The molecule has 16 heavy (non-hydrogen) atoms. The van der Waals surface area contributed by atoms with Gasteiger partial charge in [-0.1, -0.05) is 12.8 Å². The van der Waals surface area contributed by atoms with Crippen LogP contribution >= 0.6 is 0 Å². The van der Waals surface area contributed by atoms with Crippen LogP contribution in [0.1, 0.15) is 52.9 Å². The molecule has 1 rings (SSSR count). The zero-order valence-corrected chi connectivity index (χ0v) is 10.3. The summed E-state index contributed by atoms with van der Waals surface area (Å²) in [6, 6.07) is 0. The van der Waals surface area contributed by atoms with Gasteiger partial charge in [0.1, 0.15) is 0 Å². The summed E-state index contributed by atoms with van der Waals surface area (Å²) < 4.78 is 0. The second kappa shape index (κ2) is 4.44. The van der Waals surface area contributed by atoms with Crippen molar-refractivity contribution in [2.75, 3.05) is 0 Å². The molecule has 2 N–H and O–H groups in total. The van der Waals surface area contributed by atoms with E-state index in [1.807, 2.05) is 20.8 Å². The first-order valence-electron chi connectivity index (χ1n) is 5.80. The summed E-state index contributed by atoms with van der Waals surface area (Å²) in [5.74, 6) is -0.981. The van der Waals surface area contributed by atoms with Crippen molar-refractivity contribution in [2.45, 2.75) is 58.4 Å². The molecule has 0 atom stereocenters. The Balaban J connectivity index is 2.63. The zero-order chi connectivity index (χ0) is 12.4. The minimum atomic E-state index is -0.825. The van der Waals surface area contributed by atoms with Crippen LogP contribution in [-0.4, -0.2) is 22.5 Å². The number of hydrogen-bond donors (Lipinski definition) is 2. The average Bonchev–Trinajstić information content (AvgIpc) is 2.49. The molecule has 4 heteroatoms. The van der Waals surface area contributed by atoms with E-state index in [2.05, 4.69) is 5.32 Å². The van der Waals surface area contributed by atoms with Crippen LogP contribution in [0.3, 0.4) is 0 Å². The lowest BCUT2D eigenvalue weighted by Crippen LogP contribution is -2.44. The highest BCUT2D eigenvalue weighted by Crippen LogP contribution is 2.41. The standard InChI is InChI=1S/C12H21NO3/c1-11(2,3)13-9(14)8-12(10(15)16)6-4-5-7-12/h4-8H2,1-3H3,(H,13,14)(H,15,16). The fourth-order valence-corrected chi connectivity index (χ4v) is 2.29. The molecule has 0 unspecified atom stereocenters. The van der Waals surface area contributed by atoms with E-state index in [9.17, 15) is 14.7 Å². The molecule has 0 aromatic carbocycles. The van der Waals surface area contributed by atoms with Crippen molar-refractivity contribution in [1.82, 2.24) is 5.32 Å². The van der Waals surface area contributed by atoms with Crippen molar-refractivity contribution >= 4 is 11.9 Å². The van der Waals surface area contributed by atoms with Crippen LogP contribution in [0.5, 0.6) is 0 Å². The molecule has 4 nitrogen and oxygen atoms in total. The molecular formula is C12H21NO3. The third-order valence-corrected chi connectivity index (χ3v) is 3.03. The minimum Gasteiger partial charge on any atom is -0.481 e. The highest BCUT2D eigenvalue weighted by Gasteiger charge is 2.43. The van der Waals surface area contributed by atoms with E-state index in [0.29, 0.717) is 12.8 Å². The molecule has 0 aliphatic heterocycles. The smallest absolute Gasteiger partial charge is 0.310 e. The largest absolute Gasteiger partial charge is 0.481 e. The number of amides is 1. The molecule has 1 amide bonds. The highest BCUT2D eigenvalue weighted by atomic mass is 16.4. The van der Waals surface area contributed by atoms with E-state index in [4.69, 9.17) is 0 Å². The van der Waals surface area contributed by atoms with Crippen LogP contribution in [0.4, 0.5) is 0 Å². The van der Waals surface area contributed by atoms with Crippen LogP contribution in [-0.2, 0) is 9.59 Å². The van der Waals surface area contributed by atoms with Crippen molar-refractivity contribution in [1.29, 1.82) is 0 Å². The molecule has 1 aliphatic rings. The summed E-state index contributed by atoms with van der Waals surface area (Å²) in [5, 5.41) is 12.1. The quantitative estimate of drug-likeness (QED) is 0.774. The number of hydrogen-bond acceptors (Lipinski definition) is 2. The third-order valence-electron chi connectivity index (χ3n) is 3.03. The molecule has 0 aromatic rings. The predicted octanol–water partition coefficient (Wildman–Crippen LogP) is 1.94. The van der Waals surface area contributed by atoms with Gasteiger partial charge >= 0.3 is 5.97 Å². The van der Waals surface area contributed by atoms with Gasteiger partial charge in [-0.05, 0) is 33.6 Å². The second-order valence-electron chi connectivity index (χ2n) is 5.77. The van der Waals surface area contributed by atoms with E-state index in [1.165, 1.54) is 0 Å². The predicted molar refractivity (Wildman–Crippen MR) is 61.0 cm³/mol. The molecule has 0 aromatic heterocycles. The number of carbonyl (C=O) groups excluding carboxylic acids is 1. The van der Waals surface area contributed by atoms with E-state index in [-0.39, 0.29) is 17.9 Å². The Morgan fingerprint density at radius 1 is 1.25 bits per heavy atom. The monoisotopic (exact) mass is 227 g/mol. The fourth-order valence-electron chi connectivity index (χ4n) is 2.29. The van der Waals surface area contributed by atoms with Crippen molar-refractivity contribution < 1.29 is 14.7 Å². The molecule has 1 fully saturated rings. The van der Waals surface area contributed by atoms with Crippen molar-refractivity contribution in [3.8, 4) is 0 Å². The van der Waals surface area contributed by atoms with Gasteiger partial charge in [0.05, 0.1) is 5.41 Å². The lowest BCUT2D eigenvalue weighted by molar-refractivity contribution is -0.151. The average molecular weight is 227 g/mol. The van der Waals surface area contributed by atoms with E-state index >= 15 is 0 Å². The van der Waals surface area contributed by atoms with Gasteiger partial charge in [0.25, 0.3) is 0 Å². The summed E-state index contributed by atoms with van der Waals surface area (Å²) in [5.41, 5.74) is -1.11. The van der Waals surface area contributed by atoms with E-state index in [0.717, 1.165) is 12.8 Å². The van der Waals surface area contributed by atoms with Crippen LogP contribution in [0.15, 0.2) is 0 Å². The Kier molecular flexibility index (Phi) is 3.61. The van der Waals surface area contributed by atoms with Gasteiger partial charge < -0.3 is 10.4 Å². The Bertz CT molecular complexity index is 285. The normalized spacial score (nSPS) is 19.4. The Labute approximate surface area is 96.4 Å². The third kappa shape index (κ3) is 3.22. The number of rotatable bonds is 3. The van der Waals surface area contributed by atoms with Crippen molar-refractivity contribution in [2.24, 2.45) is 5.41 Å². The van der Waals surface area contributed by atoms with Crippen LogP contribution < -0.4 is 5.32 Å². The van der Waals surface area contributed by atoms with Gasteiger partial charge in [-0.25, -0.2) is 0 Å². The van der Waals surface area contributed by atoms with E-state index < -0.39 is 11.4 Å². The topological polar surface area (TPSA) is 66.4 Å². The van der Waals surface area contributed by atoms with Gasteiger partial charge in [-0.15, -0.1) is 0 Å². The lowest BCUT2D eigenvalue weighted by atomic mass is 9.82. The maximum Gasteiger partial charge on any atom is 0.310 e. The van der Waals surface area contributed by atoms with Crippen LogP contribution in [0, 0.1) is 5.41 Å². The molecule has 0 heterocycles. The number of aliphatic carboxylic acids is 1. The molecule has 0 bridgehead atoms. The fraction of sp³-hybridized carbons (Fsp3) is 0.833. The second-order valence-corrected chi connectivity index (χ2v) is 5.77. The molecular weight excluding hydrogens is 206 g/mol. The maximum atomic E-state index is 11.7. The minimum absolute atomic E-state index is 0.111. The summed E-state index contributed by atoms with van der Waals surface area (Å²) >= 11 is 0. The number of carboxylic acids is 1. The Morgan fingerprint density at radius 2 is 1.75 bits per heavy atom. The number of carboxylic acid groups (broad SMARTS) is 1. The summed E-state index contributed by atoms with van der Waals surface area (Å²) in [4.78, 5) is 23.0. The number of nitrogens with one attached hydrogen (secondary N) is 1. The van der Waals surface area contributed by atoms with E-state index in [1.54, 1.807) is 0 Å². The molecule has 1 aliphatic carbocycles. The van der Waals surface area contributed by atoms with Gasteiger partial charge in [0, 0.05) is 12.0 Å².